The molecule has 0 aliphatic carbocycles. The van der Waals surface area contributed by atoms with Gasteiger partial charge in [0.25, 0.3) is 0 Å². The molecule has 0 spiro atoms. The maximum absolute atomic E-state index is 5.63. The van der Waals surface area contributed by atoms with Gasteiger partial charge in [0.15, 0.2) is 0 Å². The van der Waals surface area contributed by atoms with E-state index in [0.717, 1.165) is 31.2 Å². The fourth-order valence-corrected chi connectivity index (χ4v) is 1.97. The molecule has 0 saturated carbocycles. The van der Waals surface area contributed by atoms with Crippen molar-refractivity contribution in [2.24, 2.45) is 0 Å². The van der Waals surface area contributed by atoms with Crippen molar-refractivity contribution in [2.45, 2.75) is 25.4 Å². The van der Waals surface area contributed by atoms with E-state index in [-0.39, 0.29) is 6.04 Å². The fourth-order valence-electron chi connectivity index (χ4n) is 1.97. The van der Waals surface area contributed by atoms with E-state index in [2.05, 4.69) is 5.32 Å². The summed E-state index contributed by atoms with van der Waals surface area (Å²) in [5.41, 5.74) is 0. The van der Waals surface area contributed by atoms with Gasteiger partial charge >= 0.3 is 0 Å². The zero-order chi connectivity index (χ0) is 11.4. The van der Waals surface area contributed by atoms with Crippen LogP contribution >= 0.6 is 0 Å². The summed E-state index contributed by atoms with van der Waals surface area (Å²) in [5, 5.41) is 3.50. The van der Waals surface area contributed by atoms with Crippen LogP contribution in [0.5, 0.6) is 0 Å². The summed E-state index contributed by atoms with van der Waals surface area (Å²) >= 11 is 0. The highest BCUT2D eigenvalue weighted by atomic mass is 16.5. The zero-order valence-corrected chi connectivity index (χ0v) is 9.86. The number of methoxy groups -OCH3 is 1. The predicted octanol–water partition coefficient (Wildman–Crippen LogP) is 1.65. The Kier molecular flexibility index (Phi) is 3.98. The minimum absolute atomic E-state index is 0.116. The van der Waals surface area contributed by atoms with Crippen molar-refractivity contribution >= 4 is 0 Å². The Morgan fingerprint density at radius 3 is 3.00 bits per heavy atom. The Balaban J connectivity index is 1.98. The molecule has 2 rings (SSSR count). The highest BCUT2D eigenvalue weighted by Crippen LogP contribution is 2.19. The lowest BCUT2D eigenvalue weighted by atomic mass is 10.2. The van der Waals surface area contributed by atoms with Crippen LogP contribution in [0.1, 0.15) is 24.0 Å². The molecule has 1 aromatic heterocycles. The Morgan fingerprint density at radius 1 is 1.56 bits per heavy atom. The SMILES string of the molecule is COCC(NC1CCOC1)c1ccc(C)o1. The van der Waals surface area contributed by atoms with Gasteiger partial charge in [0.1, 0.15) is 11.5 Å². The van der Waals surface area contributed by atoms with Crippen molar-refractivity contribution in [1.29, 1.82) is 0 Å². The van der Waals surface area contributed by atoms with Crippen molar-refractivity contribution in [3.63, 3.8) is 0 Å². The van der Waals surface area contributed by atoms with Crippen molar-refractivity contribution in [3.05, 3.63) is 23.7 Å². The molecule has 4 heteroatoms. The summed E-state index contributed by atoms with van der Waals surface area (Å²) < 4.78 is 16.2. The molecule has 0 aromatic carbocycles. The Bertz CT molecular complexity index is 318. The van der Waals surface area contributed by atoms with Gasteiger partial charge in [-0.25, -0.2) is 0 Å². The molecule has 1 aliphatic heterocycles. The van der Waals surface area contributed by atoms with E-state index in [1.807, 2.05) is 19.1 Å². The minimum Gasteiger partial charge on any atom is -0.465 e. The second kappa shape index (κ2) is 5.48. The molecule has 1 fully saturated rings. The third-order valence-corrected chi connectivity index (χ3v) is 2.80. The molecule has 0 radical (unpaired) electrons. The van der Waals surface area contributed by atoms with Gasteiger partial charge < -0.3 is 19.2 Å². The van der Waals surface area contributed by atoms with Crippen LogP contribution in [0.2, 0.25) is 0 Å². The predicted molar refractivity (Wildman–Crippen MR) is 60.4 cm³/mol. The number of aryl methyl sites for hydroxylation is 1. The summed E-state index contributed by atoms with van der Waals surface area (Å²) in [6.45, 7) is 4.18. The first-order chi connectivity index (χ1) is 7.79. The van der Waals surface area contributed by atoms with Gasteiger partial charge in [-0.05, 0) is 25.5 Å². The summed E-state index contributed by atoms with van der Waals surface area (Å²) in [7, 11) is 1.70. The van der Waals surface area contributed by atoms with Crippen molar-refractivity contribution in [3.8, 4) is 0 Å². The molecular formula is C12H19NO3. The molecule has 0 bridgehead atoms. The van der Waals surface area contributed by atoms with Crippen molar-refractivity contribution in [2.75, 3.05) is 26.9 Å². The second-order valence-corrected chi connectivity index (χ2v) is 4.18. The average molecular weight is 225 g/mol. The lowest BCUT2D eigenvalue weighted by Crippen LogP contribution is -2.35. The van der Waals surface area contributed by atoms with Crippen LogP contribution in [0.3, 0.4) is 0 Å². The number of hydrogen-bond donors (Lipinski definition) is 1. The molecule has 16 heavy (non-hydrogen) atoms. The van der Waals surface area contributed by atoms with E-state index in [1.165, 1.54) is 0 Å². The van der Waals surface area contributed by atoms with Crippen LogP contribution in [0, 0.1) is 6.92 Å². The Labute approximate surface area is 95.9 Å². The molecule has 0 amide bonds. The zero-order valence-electron chi connectivity index (χ0n) is 9.86. The fraction of sp³-hybridized carbons (Fsp3) is 0.667. The first-order valence-electron chi connectivity index (χ1n) is 5.68. The lowest BCUT2D eigenvalue weighted by molar-refractivity contribution is 0.143. The normalized spacial score (nSPS) is 22.5. The molecule has 2 unspecified atom stereocenters. The third kappa shape index (κ3) is 2.84. The molecule has 1 N–H and O–H groups in total. The number of hydrogen-bond acceptors (Lipinski definition) is 4. The molecule has 1 aromatic rings. The Hall–Kier alpha value is -0.840. The first-order valence-corrected chi connectivity index (χ1v) is 5.68. The van der Waals surface area contributed by atoms with E-state index >= 15 is 0 Å². The number of nitrogens with one attached hydrogen (secondary N) is 1. The summed E-state index contributed by atoms with van der Waals surface area (Å²) in [6.07, 6.45) is 1.06. The van der Waals surface area contributed by atoms with Crippen LogP contribution < -0.4 is 5.32 Å². The van der Waals surface area contributed by atoms with Gasteiger partial charge in [0.2, 0.25) is 0 Å². The third-order valence-electron chi connectivity index (χ3n) is 2.80. The standard InChI is InChI=1S/C12H19NO3/c1-9-3-4-12(16-9)11(8-14-2)13-10-5-6-15-7-10/h3-4,10-11,13H,5-8H2,1-2H3. The van der Waals surface area contributed by atoms with E-state index < -0.39 is 0 Å². The maximum Gasteiger partial charge on any atom is 0.123 e. The monoisotopic (exact) mass is 225 g/mol. The summed E-state index contributed by atoms with van der Waals surface area (Å²) in [5.74, 6) is 1.87. The van der Waals surface area contributed by atoms with Gasteiger partial charge in [-0.2, -0.15) is 0 Å². The van der Waals surface area contributed by atoms with E-state index in [1.54, 1.807) is 7.11 Å². The molecule has 90 valence electrons. The van der Waals surface area contributed by atoms with Crippen molar-refractivity contribution < 1.29 is 13.9 Å². The second-order valence-electron chi connectivity index (χ2n) is 4.18. The quantitative estimate of drug-likeness (QED) is 0.827. The number of ether oxygens (including phenoxy) is 2. The molecule has 2 atom stereocenters. The highest BCUT2D eigenvalue weighted by Gasteiger charge is 2.22. The van der Waals surface area contributed by atoms with Crippen molar-refractivity contribution in [1.82, 2.24) is 5.32 Å². The largest absolute Gasteiger partial charge is 0.465 e. The summed E-state index contributed by atoms with van der Waals surface area (Å²) in [6, 6.07) is 4.50. The Morgan fingerprint density at radius 2 is 2.44 bits per heavy atom. The van der Waals surface area contributed by atoms with E-state index in [0.29, 0.717) is 12.6 Å². The summed E-state index contributed by atoms with van der Waals surface area (Å²) in [4.78, 5) is 0. The number of furan rings is 1. The molecular weight excluding hydrogens is 206 g/mol. The van der Waals surface area contributed by atoms with Gasteiger partial charge in [-0.15, -0.1) is 0 Å². The van der Waals surface area contributed by atoms with Crippen LogP contribution in [-0.2, 0) is 9.47 Å². The molecule has 1 saturated heterocycles. The van der Waals surface area contributed by atoms with E-state index in [4.69, 9.17) is 13.9 Å². The molecule has 1 aliphatic rings. The van der Waals surface area contributed by atoms with Crippen LogP contribution in [0.15, 0.2) is 16.5 Å². The smallest absolute Gasteiger partial charge is 0.123 e. The van der Waals surface area contributed by atoms with Crippen LogP contribution in [0.25, 0.3) is 0 Å². The first kappa shape index (κ1) is 11.6. The van der Waals surface area contributed by atoms with Crippen LogP contribution in [-0.4, -0.2) is 33.0 Å². The number of rotatable bonds is 5. The van der Waals surface area contributed by atoms with Gasteiger partial charge in [-0.3, -0.25) is 0 Å². The van der Waals surface area contributed by atoms with Gasteiger partial charge in [0, 0.05) is 19.8 Å². The van der Waals surface area contributed by atoms with E-state index in [9.17, 15) is 0 Å². The minimum atomic E-state index is 0.116. The highest BCUT2D eigenvalue weighted by molar-refractivity contribution is 5.10. The van der Waals surface area contributed by atoms with Crippen LogP contribution in [0.4, 0.5) is 0 Å². The van der Waals surface area contributed by atoms with Gasteiger partial charge in [0.05, 0.1) is 19.3 Å². The van der Waals surface area contributed by atoms with Gasteiger partial charge in [-0.1, -0.05) is 0 Å². The molecule has 2 heterocycles. The maximum atomic E-state index is 5.63. The lowest BCUT2D eigenvalue weighted by Gasteiger charge is -2.19. The molecule has 4 nitrogen and oxygen atoms in total. The topological polar surface area (TPSA) is 43.6 Å². The average Bonchev–Trinajstić information content (AvgIpc) is 2.88.